The van der Waals surface area contributed by atoms with Crippen molar-refractivity contribution in [1.82, 2.24) is 14.2 Å². The quantitative estimate of drug-likeness (QED) is 0.672. The maximum atomic E-state index is 13.0. The summed E-state index contributed by atoms with van der Waals surface area (Å²) in [7, 11) is -3.49. The van der Waals surface area contributed by atoms with Gasteiger partial charge in [0.25, 0.3) is 0 Å². The molecule has 1 fully saturated rings. The highest BCUT2D eigenvalue weighted by molar-refractivity contribution is 7.89. The summed E-state index contributed by atoms with van der Waals surface area (Å²) in [6.07, 6.45) is 1.76. The van der Waals surface area contributed by atoms with E-state index in [1.165, 1.54) is 4.31 Å². The number of para-hydroxylation sites is 1. The van der Waals surface area contributed by atoms with Crippen LogP contribution >= 0.6 is 0 Å². The number of carbonyl (C=O) groups is 1. The van der Waals surface area contributed by atoms with E-state index in [4.69, 9.17) is 0 Å². The zero-order valence-electron chi connectivity index (χ0n) is 15.7. The molecule has 3 aromatic rings. The Morgan fingerprint density at radius 2 is 1.61 bits per heavy atom. The fraction of sp³-hybridized carbons (Fsp3) is 0.286. The molecule has 1 aliphatic heterocycles. The number of fused-ring (bicyclic) bond motifs is 1. The molecule has 0 saturated carbocycles. The summed E-state index contributed by atoms with van der Waals surface area (Å²) in [5.41, 5.74) is 1.62. The van der Waals surface area contributed by atoms with Crippen molar-refractivity contribution in [2.24, 2.45) is 0 Å². The topological polar surface area (TPSA) is 73.5 Å². The zero-order valence-corrected chi connectivity index (χ0v) is 16.5. The summed E-state index contributed by atoms with van der Waals surface area (Å²) in [5.74, 6) is 0.0526. The average Bonchev–Trinajstić information content (AvgIpc) is 3.17. The Kier molecular flexibility index (Phi) is 5.05. The highest BCUT2D eigenvalue weighted by Gasteiger charge is 2.32. The molecule has 1 aliphatic rings. The molecule has 0 unspecified atom stereocenters. The molecule has 4 rings (SSSR count). The van der Waals surface area contributed by atoms with Crippen LogP contribution in [-0.4, -0.2) is 60.6 Å². The number of hydrogen-bond acceptors (Lipinski definition) is 4. The maximum Gasteiger partial charge on any atom is 0.243 e. The molecule has 2 aromatic carbocycles. The van der Waals surface area contributed by atoms with Gasteiger partial charge in [0.2, 0.25) is 10.0 Å². The molecule has 1 saturated heterocycles. The summed E-state index contributed by atoms with van der Waals surface area (Å²) in [4.78, 5) is 18.5. The van der Waals surface area contributed by atoms with Crippen molar-refractivity contribution >= 4 is 26.7 Å². The Hall–Kier alpha value is -2.48. The van der Waals surface area contributed by atoms with Crippen LogP contribution in [0.4, 0.5) is 0 Å². The Labute approximate surface area is 164 Å². The number of aromatic amines is 1. The molecule has 7 heteroatoms. The third-order valence-corrected chi connectivity index (χ3v) is 7.35. The van der Waals surface area contributed by atoms with Crippen LogP contribution in [0.5, 0.6) is 0 Å². The first-order valence-electron chi connectivity index (χ1n) is 9.38. The van der Waals surface area contributed by atoms with Gasteiger partial charge in [-0.25, -0.2) is 8.42 Å². The van der Waals surface area contributed by atoms with E-state index >= 15 is 0 Å². The monoisotopic (exact) mass is 397 g/mol. The highest BCUT2D eigenvalue weighted by Crippen LogP contribution is 2.22. The largest absolute Gasteiger partial charge is 0.360 e. The molecule has 6 nitrogen and oxygen atoms in total. The number of aromatic nitrogens is 1. The van der Waals surface area contributed by atoms with Crippen LogP contribution < -0.4 is 0 Å². The van der Waals surface area contributed by atoms with E-state index < -0.39 is 10.0 Å². The van der Waals surface area contributed by atoms with Crippen molar-refractivity contribution in [3.63, 3.8) is 0 Å². The predicted octanol–water partition coefficient (Wildman–Crippen LogP) is 2.75. The molecular weight excluding hydrogens is 374 g/mol. The maximum absolute atomic E-state index is 13.0. The average molecular weight is 398 g/mol. The van der Waals surface area contributed by atoms with Gasteiger partial charge < -0.3 is 4.98 Å². The van der Waals surface area contributed by atoms with Gasteiger partial charge >= 0.3 is 0 Å². The molecular formula is C21H23N3O3S. The third kappa shape index (κ3) is 3.37. The predicted molar refractivity (Wildman–Crippen MR) is 109 cm³/mol. The number of sulfonamides is 1. The number of piperazine rings is 1. The first-order valence-corrected chi connectivity index (χ1v) is 10.8. The van der Waals surface area contributed by atoms with Crippen molar-refractivity contribution in [1.29, 1.82) is 0 Å². The molecule has 0 aliphatic carbocycles. The molecule has 0 amide bonds. The van der Waals surface area contributed by atoms with Crippen LogP contribution in [0.3, 0.4) is 0 Å². The van der Waals surface area contributed by atoms with Crippen LogP contribution in [0.25, 0.3) is 10.9 Å². The molecule has 0 radical (unpaired) electrons. The van der Waals surface area contributed by atoms with E-state index in [0.29, 0.717) is 36.6 Å². The smallest absolute Gasteiger partial charge is 0.243 e. The van der Waals surface area contributed by atoms with E-state index in [0.717, 1.165) is 10.9 Å². The second-order valence-electron chi connectivity index (χ2n) is 7.04. The van der Waals surface area contributed by atoms with Gasteiger partial charge in [-0.05, 0) is 25.1 Å². The van der Waals surface area contributed by atoms with Gasteiger partial charge in [-0.15, -0.1) is 0 Å². The van der Waals surface area contributed by atoms with Gasteiger partial charge in [0.1, 0.15) is 0 Å². The van der Waals surface area contributed by atoms with E-state index in [1.54, 1.807) is 36.5 Å². The minimum Gasteiger partial charge on any atom is -0.360 e. The fourth-order valence-electron chi connectivity index (χ4n) is 3.74. The normalized spacial score (nSPS) is 17.6. The summed E-state index contributed by atoms with van der Waals surface area (Å²) in [6.45, 7) is 3.71. The molecule has 0 spiro atoms. The van der Waals surface area contributed by atoms with Gasteiger partial charge in [-0.2, -0.15) is 4.31 Å². The lowest BCUT2D eigenvalue weighted by Gasteiger charge is -2.36. The van der Waals surface area contributed by atoms with Crippen molar-refractivity contribution in [3.05, 3.63) is 66.4 Å². The Bertz CT molecular complexity index is 1080. The number of Topliss-reactive ketones (excluding diaryl/α,β-unsaturated/α-hetero) is 1. The van der Waals surface area contributed by atoms with Crippen molar-refractivity contribution in [3.8, 4) is 0 Å². The lowest BCUT2D eigenvalue weighted by atomic mass is 10.0. The SMILES string of the molecule is C[C@H](C(=O)c1c[nH]c2ccccc12)N1CCN(S(=O)(=O)c2ccccc2)CC1. The second-order valence-corrected chi connectivity index (χ2v) is 8.98. The summed E-state index contributed by atoms with van der Waals surface area (Å²) >= 11 is 0. The van der Waals surface area contributed by atoms with Crippen molar-refractivity contribution in [2.45, 2.75) is 17.9 Å². The van der Waals surface area contributed by atoms with Crippen LogP contribution in [0.1, 0.15) is 17.3 Å². The van der Waals surface area contributed by atoms with Gasteiger partial charge in [0.05, 0.1) is 10.9 Å². The minimum absolute atomic E-state index is 0.0526. The summed E-state index contributed by atoms with van der Waals surface area (Å²) < 4.78 is 27.0. The Morgan fingerprint density at radius 1 is 0.964 bits per heavy atom. The number of H-pyrrole nitrogens is 1. The standard InChI is InChI=1S/C21H23N3O3S/c1-16(21(25)19-15-22-20-10-6-5-9-18(19)20)23-11-13-24(14-12-23)28(26,27)17-7-3-2-4-8-17/h2-10,15-16,22H,11-14H2,1H3/t16-/m1/s1. The third-order valence-electron chi connectivity index (χ3n) is 5.44. The Balaban J connectivity index is 1.45. The van der Waals surface area contributed by atoms with Crippen LogP contribution in [-0.2, 0) is 10.0 Å². The summed E-state index contributed by atoms with van der Waals surface area (Å²) in [6, 6.07) is 15.9. The van der Waals surface area contributed by atoms with E-state index in [1.807, 2.05) is 31.2 Å². The van der Waals surface area contributed by atoms with Gasteiger partial charge in [-0.1, -0.05) is 36.4 Å². The molecule has 1 N–H and O–H groups in total. The molecule has 1 atom stereocenters. The number of rotatable bonds is 5. The molecule has 28 heavy (non-hydrogen) atoms. The van der Waals surface area contributed by atoms with Crippen molar-refractivity contribution < 1.29 is 13.2 Å². The van der Waals surface area contributed by atoms with Crippen LogP contribution in [0, 0.1) is 0 Å². The first kappa shape index (κ1) is 18.9. The molecule has 0 bridgehead atoms. The number of nitrogens with zero attached hydrogens (tertiary/aromatic N) is 2. The number of nitrogens with one attached hydrogen (secondary N) is 1. The van der Waals surface area contributed by atoms with Gasteiger partial charge in [0, 0.05) is 48.8 Å². The second kappa shape index (κ2) is 7.50. The van der Waals surface area contributed by atoms with E-state index in [2.05, 4.69) is 9.88 Å². The Morgan fingerprint density at radius 3 is 2.32 bits per heavy atom. The van der Waals surface area contributed by atoms with Gasteiger partial charge in [-0.3, -0.25) is 9.69 Å². The number of hydrogen-bond donors (Lipinski definition) is 1. The number of benzene rings is 2. The molecule has 146 valence electrons. The van der Waals surface area contributed by atoms with Gasteiger partial charge in [0.15, 0.2) is 5.78 Å². The first-order chi connectivity index (χ1) is 13.5. The molecule has 2 heterocycles. The van der Waals surface area contributed by atoms with Crippen molar-refractivity contribution in [2.75, 3.05) is 26.2 Å². The molecule has 1 aromatic heterocycles. The van der Waals surface area contributed by atoms with Crippen LogP contribution in [0.2, 0.25) is 0 Å². The fourth-order valence-corrected chi connectivity index (χ4v) is 5.18. The lowest BCUT2D eigenvalue weighted by molar-refractivity contribution is 0.0784. The van der Waals surface area contributed by atoms with E-state index in [9.17, 15) is 13.2 Å². The van der Waals surface area contributed by atoms with E-state index in [-0.39, 0.29) is 11.8 Å². The van der Waals surface area contributed by atoms with Crippen LogP contribution in [0.15, 0.2) is 65.7 Å². The number of ketones is 1. The minimum atomic E-state index is -3.49. The summed E-state index contributed by atoms with van der Waals surface area (Å²) in [5, 5.41) is 0.921. The lowest BCUT2D eigenvalue weighted by Crippen LogP contribution is -2.53. The number of carbonyl (C=O) groups excluding carboxylic acids is 1. The zero-order chi connectivity index (χ0) is 19.7. The highest BCUT2D eigenvalue weighted by atomic mass is 32.2.